The number of amides is 1. The molecule has 1 aromatic carbocycles. The summed E-state index contributed by atoms with van der Waals surface area (Å²) >= 11 is 0. The van der Waals surface area contributed by atoms with Crippen molar-refractivity contribution in [3.05, 3.63) is 77.4 Å². The molecule has 0 fully saturated rings. The number of ketones is 1. The van der Waals surface area contributed by atoms with Crippen LogP contribution in [0.4, 0.5) is 5.69 Å². The minimum absolute atomic E-state index is 0.0246. The summed E-state index contributed by atoms with van der Waals surface area (Å²) in [7, 11) is 1.76. The summed E-state index contributed by atoms with van der Waals surface area (Å²) in [6, 6.07) is 15.2. The summed E-state index contributed by atoms with van der Waals surface area (Å²) in [6.45, 7) is 2.24. The van der Waals surface area contributed by atoms with Gasteiger partial charge in [-0.3, -0.25) is 19.3 Å². The molecule has 0 unspecified atom stereocenters. The first-order valence-electron chi connectivity index (χ1n) is 11.3. The van der Waals surface area contributed by atoms with E-state index in [2.05, 4.69) is 10.1 Å². The molecule has 1 amide bonds. The van der Waals surface area contributed by atoms with Crippen molar-refractivity contribution in [1.29, 1.82) is 0 Å². The molecule has 2 aromatic heterocycles. The molecular formula is C26H30N4O2. The predicted molar refractivity (Wildman–Crippen MR) is 125 cm³/mol. The minimum atomic E-state index is -0.477. The molecule has 0 saturated carbocycles. The van der Waals surface area contributed by atoms with Crippen molar-refractivity contribution in [3.63, 3.8) is 0 Å². The maximum atomic E-state index is 13.4. The van der Waals surface area contributed by atoms with Crippen molar-refractivity contribution in [2.75, 3.05) is 11.9 Å². The van der Waals surface area contributed by atoms with Gasteiger partial charge in [0.15, 0.2) is 5.78 Å². The van der Waals surface area contributed by atoms with E-state index in [1.165, 1.54) is 17.7 Å². The van der Waals surface area contributed by atoms with E-state index in [1.54, 1.807) is 18.1 Å². The molecule has 1 aliphatic carbocycles. The number of para-hydroxylation sites is 1. The molecule has 0 spiro atoms. The van der Waals surface area contributed by atoms with Gasteiger partial charge in [-0.15, -0.1) is 0 Å². The Labute approximate surface area is 189 Å². The highest BCUT2D eigenvalue weighted by atomic mass is 16.2. The number of fused-ring (bicyclic) bond motifs is 1. The van der Waals surface area contributed by atoms with E-state index in [4.69, 9.17) is 0 Å². The van der Waals surface area contributed by atoms with Gasteiger partial charge in [0, 0.05) is 43.2 Å². The van der Waals surface area contributed by atoms with Gasteiger partial charge in [-0.25, -0.2) is 0 Å². The average Bonchev–Trinajstić information content (AvgIpc) is 3.14. The van der Waals surface area contributed by atoms with Crippen molar-refractivity contribution in [1.82, 2.24) is 14.8 Å². The van der Waals surface area contributed by atoms with Crippen LogP contribution in [-0.2, 0) is 35.4 Å². The monoisotopic (exact) mass is 430 g/mol. The van der Waals surface area contributed by atoms with Crippen LogP contribution < -0.4 is 4.90 Å². The SMILES string of the molecule is Cc1nn(CC(=O)C[C@@H](Cc2ccccn2)C(=O)N(C)c2ccccc2)c2c1CCCC2. The number of anilines is 1. The quantitative estimate of drug-likeness (QED) is 0.543. The molecule has 6 nitrogen and oxygen atoms in total. The Bertz CT molecular complexity index is 1080. The number of hydrogen-bond acceptors (Lipinski definition) is 4. The number of nitrogens with zero attached hydrogens (tertiary/aromatic N) is 4. The number of Topliss-reactive ketones (excluding diaryl/α,β-unsaturated/α-hetero) is 1. The molecule has 1 atom stereocenters. The standard InChI is InChI=1S/C26H30N4O2/c1-19-24-13-6-7-14-25(24)30(28-19)18-23(31)17-20(16-21-10-8-9-15-27-21)26(32)29(2)22-11-4-3-5-12-22/h3-5,8-12,15,20H,6-7,13-14,16-18H2,1-2H3/t20-/m1/s1. The fourth-order valence-electron chi connectivity index (χ4n) is 4.57. The molecule has 0 bridgehead atoms. The van der Waals surface area contributed by atoms with Crippen molar-refractivity contribution in [3.8, 4) is 0 Å². The van der Waals surface area contributed by atoms with Gasteiger partial charge < -0.3 is 4.90 Å². The molecule has 2 heterocycles. The second-order valence-corrected chi connectivity index (χ2v) is 8.57. The molecule has 4 rings (SSSR count). The molecule has 0 aliphatic heterocycles. The molecule has 0 saturated heterocycles. The van der Waals surface area contributed by atoms with Gasteiger partial charge in [-0.2, -0.15) is 5.10 Å². The van der Waals surface area contributed by atoms with Crippen molar-refractivity contribution in [2.45, 2.75) is 52.0 Å². The van der Waals surface area contributed by atoms with Crippen LogP contribution in [0, 0.1) is 12.8 Å². The smallest absolute Gasteiger partial charge is 0.230 e. The molecule has 0 radical (unpaired) electrons. The lowest BCUT2D eigenvalue weighted by molar-refractivity contribution is -0.127. The van der Waals surface area contributed by atoms with Gasteiger partial charge in [0.05, 0.1) is 18.2 Å². The topological polar surface area (TPSA) is 68.1 Å². The number of pyridine rings is 1. The van der Waals surface area contributed by atoms with E-state index in [0.29, 0.717) is 6.42 Å². The van der Waals surface area contributed by atoms with E-state index in [9.17, 15) is 9.59 Å². The second kappa shape index (κ2) is 9.90. The zero-order valence-corrected chi connectivity index (χ0v) is 18.8. The molecule has 166 valence electrons. The van der Waals surface area contributed by atoms with Crippen LogP contribution in [0.15, 0.2) is 54.7 Å². The number of carbonyl (C=O) groups excluding carboxylic acids is 2. The third-order valence-electron chi connectivity index (χ3n) is 6.26. The second-order valence-electron chi connectivity index (χ2n) is 8.57. The van der Waals surface area contributed by atoms with E-state index >= 15 is 0 Å². The van der Waals surface area contributed by atoms with Gasteiger partial charge in [0.2, 0.25) is 5.91 Å². The minimum Gasteiger partial charge on any atom is -0.315 e. The maximum absolute atomic E-state index is 13.4. The first kappa shape index (κ1) is 21.9. The first-order chi connectivity index (χ1) is 15.5. The number of hydrogen-bond donors (Lipinski definition) is 0. The summed E-state index contributed by atoms with van der Waals surface area (Å²) in [4.78, 5) is 32.5. The third kappa shape index (κ3) is 4.96. The predicted octanol–water partition coefficient (Wildman–Crippen LogP) is 3.95. The van der Waals surface area contributed by atoms with Gasteiger partial charge in [-0.05, 0) is 62.4 Å². The molecule has 0 N–H and O–H groups in total. The Morgan fingerprint density at radius 2 is 1.81 bits per heavy atom. The van der Waals surface area contributed by atoms with Crippen LogP contribution >= 0.6 is 0 Å². The van der Waals surface area contributed by atoms with Gasteiger partial charge in [0.1, 0.15) is 0 Å². The molecular weight excluding hydrogens is 400 g/mol. The largest absolute Gasteiger partial charge is 0.315 e. The summed E-state index contributed by atoms with van der Waals surface area (Å²) < 4.78 is 1.87. The lowest BCUT2D eigenvalue weighted by atomic mass is 9.94. The Morgan fingerprint density at radius 3 is 2.56 bits per heavy atom. The van der Waals surface area contributed by atoms with Crippen LogP contribution in [0.1, 0.15) is 41.9 Å². The molecule has 6 heteroatoms. The number of rotatable bonds is 8. The lowest BCUT2D eigenvalue weighted by Gasteiger charge is -2.24. The first-order valence-corrected chi connectivity index (χ1v) is 11.3. The number of aromatic nitrogens is 3. The normalized spacial score (nSPS) is 13.9. The Balaban J connectivity index is 1.52. The van der Waals surface area contributed by atoms with Crippen molar-refractivity contribution < 1.29 is 9.59 Å². The number of benzene rings is 1. The van der Waals surface area contributed by atoms with Crippen molar-refractivity contribution in [2.24, 2.45) is 5.92 Å². The van der Waals surface area contributed by atoms with Crippen LogP contribution in [-0.4, -0.2) is 33.5 Å². The number of carbonyl (C=O) groups is 2. The maximum Gasteiger partial charge on any atom is 0.230 e. The Hall–Kier alpha value is -3.28. The Morgan fingerprint density at radius 1 is 1.06 bits per heavy atom. The fourth-order valence-corrected chi connectivity index (χ4v) is 4.57. The van der Waals surface area contributed by atoms with Gasteiger partial charge >= 0.3 is 0 Å². The van der Waals surface area contributed by atoms with Gasteiger partial charge in [0.25, 0.3) is 0 Å². The zero-order chi connectivity index (χ0) is 22.5. The van der Waals surface area contributed by atoms with Gasteiger partial charge in [-0.1, -0.05) is 24.3 Å². The molecule has 1 aliphatic rings. The molecule has 32 heavy (non-hydrogen) atoms. The number of aryl methyl sites for hydroxylation is 1. The zero-order valence-electron chi connectivity index (χ0n) is 18.8. The van der Waals surface area contributed by atoms with E-state index in [0.717, 1.165) is 36.3 Å². The van der Waals surface area contributed by atoms with Crippen molar-refractivity contribution >= 4 is 17.4 Å². The van der Waals surface area contributed by atoms with Crippen LogP contribution in [0.2, 0.25) is 0 Å². The van der Waals surface area contributed by atoms with Crippen LogP contribution in [0.25, 0.3) is 0 Å². The van der Waals surface area contributed by atoms with E-state index < -0.39 is 5.92 Å². The average molecular weight is 431 g/mol. The summed E-state index contributed by atoms with van der Waals surface area (Å²) in [5.74, 6) is -0.527. The summed E-state index contributed by atoms with van der Waals surface area (Å²) in [6.07, 6.45) is 6.64. The third-order valence-corrected chi connectivity index (χ3v) is 6.26. The highest BCUT2D eigenvalue weighted by Gasteiger charge is 2.27. The summed E-state index contributed by atoms with van der Waals surface area (Å²) in [5, 5.41) is 4.64. The molecule has 3 aromatic rings. The fraction of sp³-hybridized carbons (Fsp3) is 0.385. The summed E-state index contributed by atoms with van der Waals surface area (Å²) in [5.41, 5.74) is 5.14. The highest BCUT2D eigenvalue weighted by molar-refractivity contribution is 5.97. The van der Waals surface area contributed by atoms with Crippen LogP contribution in [0.5, 0.6) is 0 Å². The van der Waals surface area contributed by atoms with E-state index in [1.807, 2.05) is 60.1 Å². The lowest BCUT2D eigenvalue weighted by Crippen LogP contribution is -2.36. The van der Waals surface area contributed by atoms with Crippen LogP contribution in [0.3, 0.4) is 0 Å². The highest BCUT2D eigenvalue weighted by Crippen LogP contribution is 2.25. The van der Waals surface area contributed by atoms with E-state index in [-0.39, 0.29) is 24.7 Å². The Kier molecular flexibility index (Phi) is 6.78.